The van der Waals surface area contributed by atoms with Gasteiger partial charge in [0.05, 0.1) is 19.0 Å². The average molecular weight is 404 g/mol. The third-order valence-corrected chi connectivity index (χ3v) is 6.06. The lowest BCUT2D eigenvalue weighted by Gasteiger charge is -2.22. The quantitative estimate of drug-likeness (QED) is 0.494. The van der Waals surface area contributed by atoms with E-state index >= 15 is 0 Å². The second-order valence-corrected chi connectivity index (χ2v) is 8.00. The molecule has 0 atom stereocenters. The Hall–Kier alpha value is -3.19. The highest BCUT2D eigenvalue weighted by molar-refractivity contribution is 7.13. The number of anilines is 2. The fourth-order valence-electron chi connectivity index (χ4n) is 3.95. The fraction of sp³-hybridized carbons (Fsp3) is 0.227. The van der Waals surface area contributed by atoms with Crippen molar-refractivity contribution >= 4 is 22.8 Å². The predicted octanol–water partition coefficient (Wildman–Crippen LogP) is 4.71. The van der Waals surface area contributed by atoms with E-state index in [1.807, 2.05) is 41.5 Å². The Balaban J connectivity index is 1.63. The van der Waals surface area contributed by atoms with Crippen molar-refractivity contribution in [1.82, 2.24) is 19.7 Å². The Morgan fingerprint density at radius 1 is 1.07 bits per heavy atom. The van der Waals surface area contributed by atoms with Gasteiger partial charge in [-0.2, -0.15) is 5.10 Å². The molecule has 0 N–H and O–H groups in total. The molecule has 4 aromatic rings. The van der Waals surface area contributed by atoms with Gasteiger partial charge in [-0.3, -0.25) is 0 Å². The van der Waals surface area contributed by atoms with Crippen molar-refractivity contribution in [3.05, 3.63) is 64.9 Å². The second kappa shape index (κ2) is 7.00. The standard InChI is InChI=1S/C22H21N5OS/c1-14-12-16(28-3)4-5-18(14)26-10-7-17-20(13-15(2)25-21(17)26)27-19(6-8-24-27)22-23-9-11-29-22/h4-6,8-9,11-13H,7,10H2,1-3H3. The molecule has 6 nitrogen and oxygen atoms in total. The maximum Gasteiger partial charge on any atom is 0.141 e. The lowest BCUT2D eigenvalue weighted by Crippen LogP contribution is -2.16. The molecule has 5 rings (SSSR count). The SMILES string of the molecule is COc1ccc(N2CCc3c(-n4nccc4-c4nccs4)cc(C)nc32)c(C)c1. The summed E-state index contributed by atoms with van der Waals surface area (Å²) in [5.74, 6) is 1.88. The molecule has 0 radical (unpaired) electrons. The minimum Gasteiger partial charge on any atom is -0.497 e. The van der Waals surface area contributed by atoms with Crippen molar-refractivity contribution in [3.63, 3.8) is 0 Å². The zero-order valence-corrected chi connectivity index (χ0v) is 17.4. The molecule has 0 unspecified atom stereocenters. The molecule has 0 amide bonds. The van der Waals surface area contributed by atoms with Crippen molar-refractivity contribution in [2.24, 2.45) is 0 Å². The first kappa shape index (κ1) is 17.9. The van der Waals surface area contributed by atoms with Crippen molar-refractivity contribution < 1.29 is 4.74 Å². The van der Waals surface area contributed by atoms with Gasteiger partial charge < -0.3 is 9.64 Å². The van der Waals surface area contributed by atoms with Crippen LogP contribution in [0.15, 0.2) is 48.1 Å². The number of methoxy groups -OCH3 is 1. The molecule has 0 saturated heterocycles. The lowest BCUT2D eigenvalue weighted by molar-refractivity contribution is 0.414. The highest BCUT2D eigenvalue weighted by Gasteiger charge is 2.28. The molecule has 4 heterocycles. The van der Waals surface area contributed by atoms with Crippen LogP contribution in [0.5, 0.6) is 5.75 Å². The van der Waals surface area contributed by atoms with E-state index < -0.39 is 0 Å². The van der Waals surface area contributed by atoms with Gasteiger partial charge in [0, 0.05) is 35.1 Å². The van der Waals surface area contributed by atoms with Gasteiger partial charge in [0.25, 0.3) is 0 Å². The van der Waals surface area contributed by atoms with Crippen LogP contribution >= 0.6 is 11.3 Å². The summed E-state index contributed by atoms with van der Waals surface area (Å²) in [6, 6.07) is 10.3. The number of hydrogen-bond donors (Lipinski definition) is 0. The smallest absolute Gasteiger partial charge is 0.141 e. The van der Waals surface area contributed by atoms with E-state index in [0.717, 1.165) is 52.3 Å². The van der Waals surface area contributed by atoms with Gasteiger partial charge in [0.2, 0.25) is 0 Å². The summed E-state index contributed by atoms with van der Waals surface area (Å²) >= 11 is 1.62. The topological polar surface area (TPSA) is 56.1 Å². The molecular weight excluding hydrogens is 382 g/mol. The minimum absolute atomic E-state index is 0.869. The van der Waals surface area contributed by atoms with Gasteiger partial charge in [-0.25, -0.2) is 14.6 Å². The van der Waals surface area contributed by atoms with Crippen LogP contribution in [-0.4, -0.2) is 33.4 Å². The van der Waals surface area contributed by atoms with Crippen LogP contribution in [0.3, 0.4) is 0 Å². The van der Waals surface area contributed by atoms with E-state index in [9.17, 15) is 0 Å². The summed E-state index contributed by atoms with van der Waals surface area (Å²) in [6.07, 6.45) is 4.58. The van der Waals surface area contributed by atoms with Crippen molar-refractivity contribution in [1.29, 1.82) is 0 Å². The Bertz CT molecular complexity index is 1180. The third-order valence-electron chi connectivity index (χ3n) is 5.27. The number of pyridine rings is 1. The Labute approximate surface area is 173 Å². The van der Waals surface area contributed by atoms with E-state index in [2.05, 4.69) is 40.1 Å². The maximum absolute atomic E-state index is 5.37. The summed E-state index contributed by atoms with van der Waals surface area (Å²) < 4.78 is 7.36. The Morgan fingerprint density at radius 2 is 1.97 bits per heavy atom. The first-order chi connectivity index (χ1) is 14.2. The van der Waals surface area contributed by atoms with Crippen molar-refractivity contribution in [2.45, 2.75) is 20.3 Å². The van der Waals surface area contributed by atoms with Crippen molar-refractivity contribution in [2.75, 3.05) is 18.6 Å². The van der Waals surface area contributed by atoms with E-state index in [4.69, 9.17) is 9.72 Å². The third kappa shape index (κ3) is 2.98. The average Bonchev–Trinajstić information content (AvgIpc) is 3.47. The van der Waals surface area contributed by atoms with Gasteiger partial charge in [-0.05, 0) is 56.2 Å². The predicted molar refractivity (Wildman–Crippen MR) is 116 cm³/mol. The Kier molecular flexibility index (Phi) is 4.32. The molecule has 7 heteroatoms. The molecule has 0 saturated carbocycles. The molecule has 1 aliphatic heterocycles. The second-order valence-electron chi connectivity index (χ2n) is 7.10. The molecule has 3 aromatic heterocycles. The van der Waals surface area contributed by atoms with Gasteiger partial charge >= 0.3 is 0 Å². The molecular formula is C22H21N5OS. The zero-order valence-electron chi connectivity index (χ0n) is 16.6. The zero-order chi connectivity index (χ0) is 20.0. The molecule has 0 aliphatic carbocycles. The van der Waals surface area contributed by atoms with E-state index in [1.165, 1.54) is 11.1 Å². The highest BCUT2D eigenvalue weighted by atomic mass is 32.1. The van der Waals surface area contributed by atoms with Crippen molar-refractivity contribution in [3.8, 4) is 22.1 Å². The minimum atomic E-state index is 0.869. The normalized spacial score (nSPS) is 13.0. The number of aromatic nitrogens is 4. The van der Waals surface area contributed by atoms with E-state index in [1.54, 1.807) is 18.4 Å². The molecule has 0 bridgehead atoms. The van der Waals surface area contributed by atoms with Crippen LogP contribution in [-0.2, 0) is 6.42 Å². The summed E-state index contributed by atoms with van der Waals surface area (Å²) in [5.41, 5.74) is 6.60. The summed E-state index contributed by atoms with van der Waals surface area (Å²) in [5, 5.41) is 7.57. The summed E-state index contributed by atoms with van der Waals surface area (Å²) in [6.45, 7) is 5.04. The van der Waals surface area contributed by atoms with Crippen LogP contribution in [0.25, 0.3) is 16.4 Å². The monoisotopic (exact) mass is 403 g/mol. The van der Waals surface area contributed by atoms with E-state index in [-0.39, 0.29) is 0 Å². The first-order valence-corrected chi connectivity index (χ1v) is 10.4. The summed E-state index contributed by atoms with van der Waals surface area (Å²) in [7, 11) is 1.70. The maximum atomic E-state index is 5.37. The molecule has 146 valence electrons. The number of aryl methyl sites for hydroxylation is 2. The van der Waals surface area contributed by atoms with Gasteiger partial charge in [-0.1, -0.05) is 0 Å². The first-order valence-electron chi connectivity index (χ1n) is 9.52. The Morgan fingerprint density at radius 3 is 2.72 bits per heavy atom. The van der Waals surface area contributed by atoms with Crippen LogP contribution in [0, 0.1) is 13.8 Å². The van der Waals surface area contributed by atoms with Gasteiger partial charge in [-0.15, -0.1) is 11.3 Å². The number of benzene rings is 1. The van der Waals surface area contributed by atoms with Crippen LogP contribution in [0.1, 0.15) is 16.8 Å². The lowest BCUT2D eigenvalue weighted by atomic mass is 10.1. The molecule has 0 fully saturated rings. The number of hydrogen-bond acceptors (Lipinski definition) is 6. The number of rotatable bonds is 4. The summed E-state index contributed by atoms with van der Waals surface area (Å²) in [4.78, 5) is 11.7. The fourth-order valence-corrected chi connectivity index (χ4v) is 4.60. The van der Waals surface area contributed by atoms with Gasteiger partial charge in [0.15, 0.2) is 0 Å². The largest absolute Gasteiger partial charge is 0.497 e. The van der Waals surface area contributed by atoms with Gasteiger partial charge in [0.1, 0.15) is 22.3 Å². The van der Waals surface area contributed by atoms with Crippen LogP contribution < -0.4 is 9.64 Å². The number of thiazole rings is 1. The molecule has 1 aromatic carbocycles. The highest BCUT2D eigenvalue weighted by Crippen LogP contribution is 2.39. The molecule has 0 spiro atoms. The molecule has 1 aliphatic rings. The van der Waals surface area contributed by atoms with Crippen LogP contribution in [0.4, 0.5) is 11.5 Å². The number of fused-ring (bicyclic) bond motifs is 1. The number of ether oxygens (including phenoxy) is 1. The van der Waals surface area contributed by atoms with E-state index in [0.29, 0.717) is 0 Å². The molecule has 29 heavy (non-hydrogen) atoms. The number of nitrogens with zero attached hydrogens (tertiary/aromatic N) is 5. The van der Waals surface area contributed by atoms with Crippen LogP contribution in [0.2, 0.25) is 0 Å².